The van der Waals surface area contributed by atoms with Crippen LogP contribution in [-0.4, -0.2) is 43.2 Å². The highest BCUT2D eigenvalue weighted by Gasteiger charge is 2.17. The Kier molecular flexibility index (Phi) is 11.4. The van der Waals surface area contributed by atoms with Gasteiger partial charge in [0.2, 0.25) is 5.95 Å². The van der Waals surface area contributed by atoms with Crippen molar-refractivity contribution in [2.24, 2.45) is 5.92 Å². The Morgan fingerprint density at radius 3 is 2.53 bits per heavy atom. The SMILES string of the molecule is CC.COCCN1CC[C@H](C)C1.Fc1ccccn1. The van der Waals surface area contributed by atoms with Crippen LogP contribution in [-0.2, 0) is 4.74 Å². The first-order chi connectivity index (χ1) is 9.22. The second kappa shape index (κ2) is 12.1. The molecule has 1 fully saturated rings. The summed E-state index contributed by atoms with van der Waals surface area (Å²) in [6.45, 7) is 10.8. The Hall–Kier alpha value is -1.00. The number of halogens is 1. The van der Waals surface area contributed by atoms with Crippen molar-refractivity contribution in [1.29, 1.82) is 0 Å². The fourth-order valence-electron chi connectivity index (χ4n) is 1.79. The minimum atomic E-state index is -0.428. The van der Waals surface area contributed by atoms with Gasteiger partial charge in [-0.3, -0.25) is 0 Å². The maximum atomic E-state index is 11.8. The van der Waals surface area contributed by atoms with Crippen LogP contribution in [0.3, 0.4) is 0 Å². The van der Waals surface area contributed by atoms with E-state index in [0.29, 0.717) is 0 Å². The summed E-state index contributed by atoms with van der Waals surface area (Å²) >= 11 is 0. The van der Waals surface area contributed by atoms with Crippen LogP contribution in [0.4, 0.5) is 4.39 Å². The molecule has 2 rings (SSSR count). The Morgan fingerprint density at radius 2 is 2.16 bits per heavy atom. The summed E-state index contributed by atoms with van der Waals surface area (Å²) in [5.41, 5.74) is 0. The second-order valence-corrected chi connectivity index (χ2v) is 4.34. The normalized spacial score (nSPS) is 18.1. The Morgan fingerprint density at radius 1 is 1.42 bits per heavy atom. The Labute approximate surface area is 116 Å². The molecule has 0 bridgehead atoms. The number of pyridine rings is 1. The minimum absolute atomic E-state index is 0.428. The van der Waals surface area contributed by atoms with E-state index in [9.17, 15) is 4.39 Å². The van der Waals surface area contributed by atoms with Gasteiger partial charge in [0.05, 0.1) is 6.61 Å². The number of nitrogens with zero attached hydrogens (tertiary/aromatic N) is 2. The summed E-state index contributed by atoms with van der Waals surface area (Å²) in [6.07, 6.45) is 2.78. The van der Waals surface area contributed by atoms with Crippen LogP contribution in [0, 0.1) is 11.9 Å². The molecule has 0 aliphatic carbocycles. The third-order valence-corrected chi connectivity index (χ3v) is 2.75. The van der Waals surface area contributed by atoms with E-state index in [1.54, 1.807) is 19.2 Å². The van der Waals surface area contributed by atoms with Gasteiger partial charge >= 0.3 is 0 Å². The van der Waals surface area contributed by atoms with Gasteiger partial charge in [-0.25, -0.2) is 4.98 Å². The highest BCUT2D eigenvalue weighted by molar-refractivity contribution is 4.90. The number of hydrogen-bond acceptors (Lipinski definition) is 3. The van der Waals surface area contributed by atoms with Gasteiger partial charge in [-0.2, -0.15) is 4.39 Å². The molecule has 1 saturated heterocycles. The first-order valence-electron chi connectivity index (χ1n) is 7.00. The molecule has 0 saturated carbocycles. The zero-order chi connectivity index (χ0) is 14.5. The van der Waals surface area contributed by atoms with Crippen molar-refractivity contribution in [3.8, 4) is 0 Å². The molecule has 0 radical (unpaired) electrons. The molecule has 0 amide bonds. The molecule has 2 heterocycles. The van der Waals surface area contributed by atoms with E-state index in [-0.39, 0.29) is 0 Å². The lowest BCUT2D eigenvalue weighted by Gasteiger charge is -2.13. The lowest BCUT2D eigenvalue weighted by molar-refractivity contribution is 0.159. The van der Waals surface area contributed by atoms with Gasteiger partial charge in [0.15, 0.2) is 0 Å². The summed E-state index contributed by atoms with van der Waals surface area (Å²) in [5, 5.41) is 0. The van der Waals surface area contributed by atoms with E-state index in [1.165, 1.54) is 31.8 Å². The molecule has 1 aliphatic rings. The average molecular weight is 270 g/mol. The lowest BCUT2D eigenvalue weighted by atomic mass is 10.2. The van der Waals surface area contributed by atoms with E-state index >= 15 is 0 Å². The predicted octanol–water partition coefficient (Wildman–Crippen LogP) is 3.22. The number of rotatable bonds is 3. The van der Waals surface area contributed by atoms with Gasteiger partial charge in [-0.05, 0) is 31.0 Å². The van der Waals surface area contributed by atoms with Crippen LogP contribution >= 0.6 is 0 Å². The molecule has 1 atom stereocenters. The van der Waals surface area contributed by atoms with E-state index in [0.717, 1.165) is 19.1 Å². The highest BCUT2D eigenvalue weighted by atomic mass is 19.1. The quantitative estimate of drug-likeness (QED) is 0.789. The summed E-state index contributed by atoms with van der Waals surface area (Å²) in [5.74, 6) is 0.472. The first kappa shape index (κ1) is 18.0. The fourth-order valence-corrected chi connectivity index (χ4v) is 1.79. The Balaban J connectivity index is 0.000000316. The van der Waals surface area contributed by atoms with Crippen LogP contribution in [0.25, 0.3) is 0 Å². The monoisotopic (exact) mass is 270 g/mol. The number of methoxy groups -OCH3 is 1. The van der Waals surface area contributed by atoms with Crippen LogP contribution in [0.1, 0.15) is 27.2 Å². The summed E-state index contributed by atoms with van der Waals surface area (Å²) in [6, 6.07) is 4.57. The predicted molar refractivity (Wildman–Crippen MR) is 77.6 cm³/mol. The van der Waals surface area contributed by atoms with Gasteiger partial charge in [0.25, 0.3) is 0 Å². The number of likely N-dealkylation sites (tertiary alicyclic amines) is 1. The molecule has 0 spiro atoms. The standard InChI is InChI=1S/C8H17NO.C5H4FN.C2H6/c1-8-3-4-9(7-8)5-6-10-2;6-5-3-1-2-4-7-5;1-2/h8H,3-7H2,1-2H3;1-4H;1-2H3/t8-;;/m0../s1. The van der Waals surface area contributed by atoms with Gasteiger partial charge in [0, 0.05) is 26.4 Å². The van der Waals surface area contributed by atoms with E-state index in [2.05, 4.69) is 16.8 Å². The van der Waals surface area contributed by atoms with Crippen molar-refractivity contribution >= 4 is 0 Å². The number of aromatic nitrogens is 1. The third kappa shape index (κ3) is 9.56. The van der Waals surface area contributed by atoms with E-state index in [4.69, 9.17) is 4.74 Å². The van der Waals surface area contributed by atoms with Crippen molar-refractivity contribution < 1.29 is 9.13 Å². The van der Waals surface area contributed by atoms with Crippen LogP contribution in [0.5, 0.6) is 0 Å². The van der Waals surface area contributed by atoms with Crippen molar-refractivity contribution in [2.75, 3.05) is 33.4 Å². The molecule has 0 N–H and O–H groups in total. The highest BCUT2D eigenvalue weighted by Crippen LogP contribution is 2.13. The van der Waals surface area contributed by atoms with Crippen molar-refractivity contribution in [3.05, 3.63) is 30.3 Å². The van der Waals surface area contributed by atoms with Crippen molar-refractivity contribution in [3.63, 3.8) is 0 Å². The minimum Gasteiger partial charge on any atom is -0.383 e. The molecule has 1 aromatic heterocycles. The molecule has 1 aliphatic heterocycles. The van der Waals surface area contributed by atoms with Crippen LogP contribution in [0.15, 0.2) is 24.4 Å². The van der Waals surface area contributed by atoms with Crippen molar-refractivity contribution in [1.82, 2.24) is 9.88 Å². The smallest absolute Gasteiger partial charge is 0.212 e. The molecule has 4 heteroatoms. The first-order valence-corrected chi connectivity index (χ1v) is 7.00. The topological polar surface area (TPSA) is 25.4 Å². The Bertz CT molecular complexity index is 295. The van der Waals surface area contributed by atoms with Gasteiger partial charge in [0.1, 0.15) is 0 Å². The second-order valence-electron chi connectivity index (χ2n) is 4.34. The number of ether oxygens (including phenoxy) is 1. The fraction of sp³-hybridized carbons (Fsp3) is 0.667. The molecule has 110 valence electrons. The van der Waals surface area contributed by atoms with Gasteiger partial charge in [-0.15, -0.1) is 0 Å². The summed E-state index contributed by atoms with van der Waals surface area (Å²) in [4.78, 5) is 5.78. The molecule has 1 aromatic rings. The molecular formula is C15H27FN2O. The van der Waals surface area contributed by atoms with Crippen LogP contribution < -0.4 is 0 Å². The van der Waals surface area contributed by atoms with E-state index < -0.39 is 5.95 Å². The molecule has 19 heavy (non-hydrogen) atoms. The number of hydrogen-bond donors (Lipinski definition) is 0. The van der Waals surface area contributed by atoms with Crippen molar-refractivity contribution in [2.45, 2.75) is 27.2 Å². The van der Waals surface area contributed by atoms with Crippen LogP contribution in [0.2, 0.25) is 0 Å². The third-order valence-electron chi connectivity index (χ3n) is 2.75. The van der Waals surface area contributed by atoms with E-state index in [1.807, 2.05) is 13.8 Å². The largest absolute Gasteiger partial charge is 0.383 e. The summed E-state index contributed by atoms with van der Waals surface area (Å²) in [7, 11) is 1.76. The maximum absolute atomic E-state index is 11.8. The molecular weight excluding hydrogens is 243 g/mol. The molecule has 0 unspecified atom stereocenters. The molecule has 3 nitrogen and oxygen atoms in total. The lowest BCUT2D eigenvalue weighted by Crippen LogP contribution is -2.24. The molecule has 0 aromatic carbocycles. The maximum Gasteiger partial charge on any atom is 0.212 e. The summed E-state index contributed by atoms with van der Waals surface area (Å²) < 4.78 is 16.8. The zero-order valence-corrected chi connectivity index (χ0v) is 12.6. The zero-order valence-electron chi connectivity index (χ0n) is 12.6. The average Bonchev–Trinajstić information content (AvgIpc) is 2.86. The van der Waals surface area contributed by atoms with Gasteiger partial charge < -0.3 is 9.64 Å². The van der Waals surface area contributed by atoms with Gasteiger partial charge in [-0.1, -0.05) is 26.8 Å².